The number of aromatic carboxylic acids is 1. The minimum atomic E-state index is -1.11. The van der Waals surface area contributed by atoms with E-state index in [2.05, 4.69) is 5.32 Å². The van der Waals surface area contributed by atoms with E-state index < -0.39 is 11.9 Å². The van der Waals surface area contributed by atoms with Gasteiger partial charge in [0.05, 0.1) is 21.8 Å². The largest absolute Gasteiger partial charge is 0.507 e. The van der Waals surface area contributed by atoms with Crippen LogP contribution in [-0.4, -0.2) is 22.1 Å². The minimum absolute atomic E-state index is 0.0237. The molecule has 0 bridgehead atoms. The van der Waals surface area contributed by atoms with Gasteiger partial charge >= 0.3 is 5.97 Å². The molecule has 2 rings (SSSR count). The average molecular weight is 292 g/mol. The zero-order valence-electron chi connectivity index (χ0n) is 10.1. The number of amides is 1. The molecule has 102 valence electrons. The highest BCUT2D eigenvalue weighted by molar-refractivity contribution is 6.34. The molecule has 5 nitrogen and oxygen atoms in total. The minimum Gasteiger partial charge on any atom is -0.507 e. The summed E-state index contributed by atoms with van der Waals surface area (Å²) in [5.74, 6) is -1.79. The van der Waals surface area contributed by atoms with Crippen LogP contribution in [0.4, 0.5) is 5.69 Å². The van der Waals surface area contributed by atoms with E-state index in [0.717, 1.165) is 0 Å². The van der Waals surface area contributed by atoms with Gasteiger partial charge in [-0.05, 0) is 30.3 Å². The Morgan fingerprint density at radius 2 is 1.80 bits per heavy atom. The van der Waals surface area contributed by atoms with Crippen molar-refractivity contribution < 1.29 is 19.8 Å². The number of phenols is 1. The number of benzene rings is 2. The van der Waals surface area contributed by atoms with Crippen LogP contribution in [0.2, 0.25) is 5.02 Å². The van der Waals surface area contributed by atoms with Crippen LogP contribution in [0.1, 0.15) is 20.7 Å². The van der Waals surface area contributed by atoms with Crippen LogP contribution in [0.3, 0.4) is 0 Å². The van der Waals surface area contributed by atoms with E-state index in [-0.39, 0.29) is 27.6 Å². The van der Waals surface area contributed by atoms with Crippen molar-refractivity contribution in [3.8, 4) is 5.75 Å². The Bertz CT molecular complexity index is 685. The predicted octanol–water partition coefficient (Wildman–Crippen LogP) is 3.00. The highest BCUT2D eigenvalue weighted by Gasteiger charge is 2.13. The lowest BCUT2D eigenvalue weighted by molar-refractivity contribution is 0.0696. The lowest BCUT2D eigenvalue weighted by Gasteiger charge is -2.08. The first kappa shape index (κ1) is 13.9. The molecule has 0 atom stereocenters. The number of carboxylic acid groups (broad SMARTS) is 1. The van der Waals surface area contributed by atoms with Gasteiger partial charge in [0, 0.05) is 0 Å². The van der Waals surface area contributed by atoms with Crippen molar-refractivity contribution in [2.45, 2.75) is 0 Å². The standard InChI is InChI=1S/C14H10ClNO4/c15-10-7-8(14(19)20)5-6-11(10)16-13(18)9-3-1-2-4-12(9)17/h1-7,17H,(H,16,18)(H,19,20). The number of hydrogen-bond donors (Lipinski definition) is 3. The van der Waals surface area contributed by atoms with Gasteiger partial charge in [-0.1, -0.05) is 23.7 Å². The molecule has 1 amide bonds. The number of nitrogens with one attached hydrogen (secondary N) is 1. The summed E-state index contributed by atoms with van der Waals surface area (Å²) in [5, 5.41) is 21.0. The van der Waals surface area contributed by atoms with Crippen molar-refractivity contribution in [3.63, 3.8) is 0 Å². The van der Waals surface area contributed by atoms with Gasteiger partial charge in [0.15, 0.2) is 0 Å². The number of carbonyl (C=O) groups excluding carboxylic acids is 1. The molecule has 0 aliphatic heterocycles. The van der Waals surface area contributed by atoms with Crippen molar-refractivity contribution in [2.75, 3.05) is 5.32 Å². The van der Waals surface area contributed by atoms with Crippen LogP contribution in [0.5, 0.6) is 5.75 Å². The van der Waals surface area contributed by atoms with Crippen LogP contribution in [0.25, 0.3) is 0 Å². The molecular weight excluding hydrogens is 282 g/mol. The Morgan fingerprint density at radius 1 is 1.10 bits per heavy atom. The topological polar surface area (TPSA) is 86.6 Å². The van der Waals surface area contributed by atoms with E-state index in [1.165, 1.54) is 30.3 Å². The van der Waals surface area contributed by atoms with Crippen LogP contribution >= 0.6 is 11.6 Å². The van der Waals surface area contributed by atoms with Gasteiger partial charge in [-0.2, -0.15) is 0 Å². The highest BCUT2D eigenvalue weighted by Crippen LogP contribution is 2.25. The van der Waals surface area contributed by atoms with E-state index in [9.17, 15) is 14.7 Å². The number of aromatic hydroxyl groups is 1. The molecular formula is C14H10ClNO4. The van der Waals surface area contributed by atoms with Gasteiger partial charge in [-0.15, -0.1) is 0 Å². The summed E-state index contributed by atoms with van der Waals surface area (Å²) in [4.78, 5) is 22.7. The lowest BCUT2D eigenvalue weighted by Crippen LogP contribution is -2.12. The number of halogens is 1. The average Bonchev–Trinajstić information content (AvgIpc) is 2.41. The normalized spacial score (nSPS) is 10.1. The monoisotopic (exact) mass is 291 g/mol. The number of rotatable bonds is 3. The summed E-state index contributed by atoms with van der Waals surface area (Å²) in [5.41, 5.74) is 0.395. The zero-order chi connectivity index (χ0) is 14.7. The fourth-order valence-electron chi connectivity index (χ4n) is 1.60. The summed E-state index contributed by atoms with van der Waals surface area (Å²) in [6, 6.07) is 10.0. The smallest absolute Gasteiger partial charge is 0.335 e. The van der Waals surface area contributed by atoms with Crippen LogP contribution < -0.4 is 5.32 Å². The summed E-state index contributed by atoms with van der Waals surface area (Å²) in [6.45, 7) is 0. The van der Waals surface area contributed by atoms with Crippen LogP contribution in [0.15, 0.2) is 42.5 Å². The molecule has 0 aromatic heterocycles. The Kier molecular flexibility index (Phi) is 3.91. The predicted molar refractivity (Wildman–Crippen MR) is 74.5 cm³/mol. The first-order valence-corrected chi connectivity index (χ1v) is 5.99. The van der Waals surface area contributed by atoms with Gasteiger partial charge in [0.25, 0.3) is 5.91 Å². The zero-order valence-corrected chi connectivity index (χ0v) is 10.9. The van der Waals surface area contributed by atoms with E-state index >= 15 is 0 Å². The second kappa shape index (κ2) is 5.63. The van der Waals surface area contributed by atoms with Crippen LogP contribution in [-0.2, 0) is 0 Å². The quantitative estimate of drug-likeness (QED) is 0.811. The Hall–Kier alpha value is -2.53. The second-order valence-corrected chi connectivity index (χ2v) is 4.38. The van der Waals surface area contributed by atoms with Crippen molar-refractivity contribution in [3.05, 3.63) is 58.6 Å². The Balaban J connectivity index is 2.25. The van der Waals surface area contributed by atoms with E-state index in [1.54, 1.807) is 12.1 Å². The molecule has 2 aromatic rings. The Labute approximate surface area is 119 Å². The number of para-hydroxylation sites is 1. The van der Waals surface area contributed by atoms with Crippen molar-refractivity contribution in [1.29, 1.82) is 0 Å². The fourth-order valence-corrected chi connectivity index (χ4v) is 1.83. The number of carbonyl (C=O) groups is 2. The van der Waals surface area contributed by atoms with Gasteiger partial charge < -0.3 is 15.5 Å². The molecule has 0 fully saturated rings. The first-order chi connectivity index (χ1) is 9.49. The van der Waals surface area contributed by atoms with E-state index in [1.807, 2.05) is 0 Å². The maximum absolute atomic E-state index is 12.0. The molecule has 0 spiro atoms. The Morgan fingerprint density at radius 3 is 2.40 bits per heavy atom. The van der Waals surface area contributed by atoms with Gasteiger partial charge in [0.1, 0.15) is 5.75 Å². The van der Waals surface area contributed by atoms with Crippen LogP contribution in [0, 0.1) is 0 Å². The molecule has 0 saturated carbocycles. The molecule has 0 saturated heterocycles. The van der Waals surface area contributed by atoms with E-state index in [4.69, 9.17) is 16.7 Å². The third-order valence-electron chi connectivity index (χ3n) is 2.61. The first-order valence-electron chi connectivity index (χ1n) is 5.61. The van der Waals surface area contributed by atoms with Crippen molar-refractivity contribution in [1.82, 2.24) is 0 Å². The molecule has 20 heavy (non-hydrogen) atoms. The number of hydrogen-bond acceptors (Lipinski definition) is 3. The van der Waals surface area contributed by atoms with Gasteiger partial charge in [-0.25, -0.2) is 4.79 Å². The second-order valence-electron chi connectivity index (χ2n) is 3.97. The molecule has 0 radical (unpaired) electrons. The van der Waals surface area contributed by atoms with Gasteiger partial charge in [-0.3, -0.25) is 4.79 Å². The summed E-state index contributed by atoms with van der Waals surface area (Å²) < 4.78 is 0. The summed E-state index contributed by atoms with van der Waals surface area (Å²) >= 11 is 5.90. The van der Waals surface area contributed by atoms with Crippen molar-refractivity contribution in [2.24, 2.45) is 0 Å². The van der Waals surface area contributed by atoms with E-state index in [0.29, 0.717) is 0 Å². The molecule has 6 heteroatoms. The maximum Gasteiger partial charge on any atom is 0.335 e. The number of anilines is 1. The summed E-state index contributed by atoms with van der Waals surface area (Å²) in [6.07, 6.45) is 0. The highest BCUT2D eigenvalue weighted by atomic mass is 35.5. The maximum atomic E-state index is 12.0. The molecule has 3 N–H and O–H groups in total. The van der Waals surface area contributed by atoms with Gasteiger partial charge in [0.2, 0.25) is 0 Å². The summed E-state index contributed by atoms with van der Waals surface area (Å²) in [7, 11) is 0. The molecule has 2 aromatic carbocycles. The molecule has 0 aliphatic carbocycles. The lowest BCUT2D eigenvalue weighted by atomic mass is 10.1. The molecule has 0 unspecified atom stereocenters. The third-order valence-corrected chi connectivity index (χ3v) is 2.93. The fraction of sp³-hybridized carbons (Fsp3) is 0. The SMILES string of the molecule is O=C(O)c1ccc(NC(=O)c2ccccc2O)c(Cl)c1. The molecule has 0 heterocycles. The van der Waals surface area contributed by atoms with Crippen molar-refractivity contribution >= 4 is 29.2 Å². The molecule has 0 aliphatic rings. The number of carboxylic acids is 1. The number of phenolic OH excluding ortho intramolecular Hbond substituents is 1. The third kappa shape index (κ3) is 2.89.